The van der Waals surface area contributed by atoms with Gasteiger partial charge in [-0.15, -0.1) is 0 Å². The van der Waals surface area contributed by atoms with Gasteiger partial charge in [0.25, 0.3) is 5.69 Å². The first-order chi connectivity index (χ1) is 16.4. The SMILES string of the molecule is COC(=O)C1=C(C)N=C2SC=C(CC(=O)NCc3ccncc3)N2[C@@H]1c1cccc([N+](=O)[O-])c1. The summed E-state index contributed by atoms with van der Waals surface area (Å²) >= 11 is 1.33. The lowest BCUT2D eigenvalue weighted by Crippen LogP contribution is -2.37. The van der Waals surface area contributed by atoms with Crippen LogP contribution in [-0.2, 0) is 20.9 Å². The van der Waals surface area contributed by atoms with Crippen molar-refractivity contribution < 1.29 is 19.2 Å². The number of fused-ring (bicyclic) bond motifs is 1. The molecule has 0 saturated heterocycles. The van der Waals surface area contributed by atoms with E-state index in [1.165, 1.54) is 31.0 Å². The van der Waals surface area contributed by atoms with Gasteiger partial charge in [0.2, 0.25) is 5.91 Å². The minimum atomic E-state index is -0.728. The number of non-ortho nitro benzene ring substituents is 1. The zero-order valence-electron chi connectivity index (χ0n) is 18.4. The topological polar surface area (TPSA) is 127 Å². The molecule has 2 aromatic rings. The molecule has 34 heavy (non-hydrogen) atoms. The Morgan fingerprint density at radius 2 is 2.03 bits per heavy atom. The van der Waals surface area contributed by atoms with Crippen molar-refractivity contribution in [3.8, 4) is 0 Å². The number of hydrogen-bond acceptors (Lipinski definition) is 9. The third-order valence-corrected chi connectivity index (χ3v) is 6.27. The molecule has 0 unspecified atom stereocenters. The third kappa shape index (κ3) is 4.69. The molecule has 0 bridgehead atoms. The van der Waals surface area contributed by atoms with E-state index in [1.807, 2.05) is 17.5 Å². The number of nitro benzene ring substituents is 1. The molecule has 2 aliphatic heterocycles. The number of esters is 1. The van der Waals surface area contributed by atoms with Gasteiger partial charge in [-0.3, -0.25) is 19.9 Å². The summed E-state index contributed by atoms with van der Waals surface area (Å²) in [7, 11) is 1.27. The lowest BCUT2D eigenvalue weighted by atomic mass is 9.93. The van der Waals surface area contributed by atoms with E-state index in [-0.39, 0.29) is 23.6 Å². The fraction of sp³-hybridized carbons (Fsp3) is 0.217. The number of ether oxygens (including phenoxy) is 1. The number of rotatable bonds is 7. The number of aromatic nitrogens is 1. The predicted octanol–water partition coefficient (Wildman–Crippen LogP) is 3.44. The van der Waals surface area contributed by atoms with Crippen molar-refractivity contribution in [3.05, 3.63) is 92.4 Å². The van der Waals surface area contributed by atoms with E-state index in [0.717, 1.165) is 5.56 Å². The lowest BCUT2D eigenvalue weighted by molar-refractivity contribution is -0.384. The Hall–Kier alpha value is -3.99. The first-order valence-corrected chi connectivity index (χ1v) is 11.2. The molecule has 11 heteroatoms. The zero-order valence-corrected chi connectivity index (χ0v) is 19.2. The molecule has 0 aliphatic carbocycles. The van der Waals surface area contributed by atoms with Crippen molar-refractivity contribution in [3.63, 3.8) is 0 Å². The number of allylic oxidation sites excluding steroid dienone is 1. The lowest BCUT2D eigenvalue weighted by Gasteiger charge is -2.36. The zero-order chi connectivity index (χ0) is 24.2. The Kier molecular flexibility index (Phi) is 6.73. The molecule has 4 rings (SSSR count). The van der Waals surface area contributed by atoms with E-state index in [9.17, 15) is 19.7 Å². The van der Waals surface area contributed by atoms with Crippen molar-refractivity contribution in [2.45, 2.75) is 25.9 Å². The van der Waals surface area contributed by atoms with Gasteiger partial charge >= 0.3 is 5.97 Å². The highest BCUT2D eigenvalue weighted by Crippen LogP contribution is 2.45. The van der Waals surface area contributed by atoms with Gasteiger partial charge in [0.1, 0.15) is 0 Å². The number of nitro groups is 1. The highest BCUT2D eigenvalue weighted by molar-refractivity contribution is 8.16. The minimum Gasteiger partial charge on any atom is -0.466 e. The molecule has 2 aliphatic rings. The number of hydrogen-bond donors (Lipinski definition) is 1. The fourth-order valence-electron chi connectivity index (χ4n) is 3.79. The number of thioether (sulfide) groups is 1. The number of nitrogens with zero attached hydrogens (tertiary/aromatic N) is 4. The van der Waals surface area contributed by atoms with Crippen LogP contribution in [0.1, 0.15) is 30.5 Å². The van der Waals surface area contributed by atoms with E-state index in [1.54, 1.807) is 36.4 Å². The standard InChI is InChI=1S/C23H21N5O5S/c1-14-20(22(30)33-2)21(16-4-3-5-17(10-16)28(31)32)27-18(13-34-23(27)26-14)11-19(29)25-12-15-6-8-24-9-7-15/h3-10,13,21H,11-12H2,1-2H3,(H,25,29)/t21-/m1/s1. The highest BCUT2D eigenvalue weighted by atomic mass is 32.2. The van der Waals surface area contributed by atoms with E-state index >= 15 is 0 Å². The summed E-state index contributed by atoms with van der Waals surface area (Å²) in [6.07, 6.45) is 3.34. The summed E-state index contributed by atoms with van der Waals surface area (Å²) in [4.78, 5) is 46.6. The Morgan fingerprint density at radius 1 is 1.26 bits per heavy atom. The van der Waals surface area contributed by atoms with Crippen molar-refractivity contribution in [2.75, 3.05) is 7.11 Å². The van der Waals surface area contributed by atoms with Gasteiger partial charge < -0.3 is 15.0 Å². The van der Waals surface area contributed by atoms with Gasteiger partial charge in [-0.2, -0.15) is 0 Å². The molecule has 1 aromatic carbocycles. The van der Waals surface area contributed by atoms with Gasteiger partial charge in [-0.1, -0.05) is 23.9 Å². The quantitative estimate of drug-likeness (QED) is 0.363. The Balaban J connectivity index is 1.64. The Labute approximate surface area is 199 Å². The average Bonchev–Trinajstić information content (AvgIpc) is 3.23. The van der Waals surface area contributed by atoms with E-state index < -0.39 is 16.9 Å². The van der Waals surface area contributed by atoms with E-state index in [4.69, 9.17) is 4.74 Å². The molecule has 0 radical (unpaired) electrons. The van der Waals surface area contributed by atoms with Crippen molar-refractivity contribution in [1.82, 2.24) is 15.2 Å². The summed E-state index contributed by atoms with van der Waals surface area (Å²) < 4.78 is 5.00. The second-order valence-corrected chi connectivity index (χ2v) is 8.38. The van der Waals surface area contributed by atoms with Crippen LogP contribution in [0.5, 0.6) is 0 Å². The number of methoxy groups -OCH3 is 1. The van der Waals surface area contributed by atoms with Crippen LogP contribution in [0.15, 0.2) is 76.2 Å². The molecular weight excluding hydrogens is 458 g/mol. The number of amides is 1. The van der Waals surface area contributed by atoms with Gasteiger partial charge in [0.05, 0.1) is 35.8 Å². The Morgan fingerprint density at radius 3 is 2.74 bits per heavy atom. The smallest absolute Gasteiger partial charge is 0.338 e. The van der Waals surface area contributed by atoms with Gasteiger partial charge in [-0.25, -0.2) is 9.79 Å². The van der Waals surface area contributed by atoms with Crippen LogP contribution in [0.4, 0.5) is 5.69 Å². The number of pyridine rings is 1. The molecule has 0 saturated carbocycles. The molecule has 174 valence electrons. The maximum Gasteiger partial charge on any atom is 0.338 e. The monoisotopic (exact) mass is 479 g/mol. The fourth-order valence-corrected chi connectivity index (χ4v) is 4.76. The molecule has 0 fully saturated rings. The average molecular weight is 480 g/mol. The molecule has 1 atom stereocenters. The molecule has 1 N–H and O–H groups in total. The summed E-state index contributed by atoms with van der Waals surface area (Å²) in [5.74, 6) is -0.802. The van der Waals surface area contributed by atoms with Crippen LogP contribution in [0.2, 0.25) is 0 Å². The van der Waals surface area contributed by atoms with Crippen LogP contribution in [-0.4, -0.2) is 39.0 Å². The van der Waals surface area contributed by atoms with E-state index in [0.29, 0.717) is 28.7 Å². The van der Waals surface area contributed by atoms with Gasteiger partial charge in [-0.05, 0) is 35.6 Å². The van der Waals surface area contributed by atoms with Crippen LogP contribution >= 0.6 is 11.8 Å². The van der Waals surface area contributed by atoms with Gasteiger partial charge in [0.15, 0.2) is 5.17 Å². The van der Waals surface area contributed by atoms with Crippen LogP contribution in [0, 0.1) is 10.1 Å². The molecule has 1 aromatic heterocycles. The second kappa shape index (κ2) is 9.87. The summed E-state index contributed by atoms with van der Waals surface area (Å²) in [5, 5.41) is 16.7. The molecule has 1 amide bonds. The third-order valence-electron chi connectivity index (χ3n) is 5.38. The summed E-state index contributed by atoms with van der Waals surface area (Å²) in [6.45, 7) is 2.05. The number of carbonyl (C=O) groups excluding carboxylic acids is 2. The summed E-state index contributed by atoms with van der Waals surface area (Å²) in [6, 6.07) is 8.99. The number of amidine groups is 1. The number of benzene rings is 1. The van der Waals surface area contributed by atoms with Crippen molar-refractivity contribution in [1.29, 1.82) is 0 Å². The van der Waals surface area contributed by atoms with Crippen molar-refractivity contribution >= 4 is 34.5 Å². The largest absolute Gasteiger partial charge is 0.466 e. The normalized spacial score (nSPS) is 17.0. The molecule has 10 nitrogen and oxygen atoms in total. The first kappa shape index (κ1) is 23.2. The molecular formula is C23H21N5O5S. The number of carbonyl (C=O) groups is 2. The van der Waals surface area contributed by atoms with Crippen LogP contribution in [0.3, 0.4) is 0 Å². The van der Waals surface area contributed by atoms with Crippen LogP contribution < -0.4 is 5.32 Å². The second-order valence-electron chi connectivity index (χ2n) is 7.55. The number of nitrogens with one attached hydrogen (secondary N) is 1. The first-order valence-electron chi connectivity index (χ1n) is 10.3. The summed E-state index contributed by atoms with van der Waals surface area (Å²) in [5.41, 5.74) is 2.68. The minimum absolute atomic E-state index is 0.0377. The van der Waals surface area contributed by atoms with E-state index in [2.05, 4.69) is 15.3 Å². The maximum atomic E-state index is 12.7. The van der Waals surface area contributed by atoms with Gasteiger partial charge in [0, 0.05) is 36.8 Å². The Bertz CT molecular complexity index is 1240. The number of aliphatic imine (C=N–C) groups is 1. The predicted molar refractivity (Wildman–Crippen MR) is 126 cm³/mol. The molecule has 3 heterocycles. The van der Waals surface area contributed by atoms with Crippen LogP contribution in [0.25, 0.3) is 0 Å². The molecule has 0 spiro atoms. The van der Waals surface area contributed by atoms with Crippen molar-refractivity contribution in [2.24, 2.45) is 4.99 Å². The maximum absolute atomic E-state index is 12.7. The highest BCUT2D eigenvalue weighted by Gasteiger charge is 2.41.